The lowest BCUT2D eigenvalue weighted by molar-refractivity contribution is -0.410. The van der Waals surface area contributed by atoms with E-state index in [4.69, 9.17) is 42.9 Å². The second-order valence-corrected chi connectivity index (χ2v) is 6.42. The minimum atomic E-state index is 0.238. The van der Waals surface area contributed by atoms with Crippen molar-refractivity contribution in [2.45, 2.75) is 0 Å². The van der Waals surface area contributed by atoms with Crippen LogP contribution in [-0.4, -0.2) is 10.2 Å². The Morgan fingerprint density at radius 2 is 0.818 bits per heavy atom. The van der Waals surface area contributed by atoms with E-state index in [1.807, 2.05) is 12.1 Å². The molecule has 0 aliphatic rings. The van der Waals surface area contributed by atoms with Gasteiger partial charge in [0.15, 0.2) is 11.5 Å². The Hall–Kier alpha value is -4.76. The maximum Gasteiger partial charge on any atom is 0.194 e. The number of anilines is 4. The maximum absolute atomic E-state index is 8.63. The molecular formula is C24H26N4O5. The number of phenols is 2. The number of hydrogen-bond donors (Lipinski definition) is 6. The standard InChI is InChI=1S/C12H14N4O3.2C6H6O/c13-7-3-1-5-9(11(7)15)17-19-18-10-6-2-4-8(14)12(10)16;2*7-6-4-2-1-3-5-6/h1-6H,13-16H2;2*1-5,7H. The molecule has 0 amide bonds. The molecule has 4 rings (SSSR count). The average Bonchev–Trinajstić information content (AvgIpc) is 2.81. The van der Waals surface area contributed by atoms with E-state index < -0.39 is 0 Å². The lowest BCUT2D eigenvalue weighted by Gasteiger charge is -2.09. The van der Waals surface area contributed by atoms with E-state index in [9.17, 15) is 0 Å². The summed E-state index contributed by atoms with van der Waals surface area (Å²) in [5, 5.41) is 21.9. The minimum Gasteiger partial charge on any atom is -0.508 e. The normalized spacial score (nSPS) is 9.45. The van der Waals surface area contributed by atoms with Crippen LogP contribution in [0.15, 0.2) is 97.1 Å². The van der Waals surface area contributed by atoms with E-state index in [0.717, 1.165) is 0 Å². The molecule has 9 heteroatoms. The molecule has 0 atom stereocenters. The number of phenolic OH excluding ortho intramolecular Hbond substituents is 2. The van der Waals surface area contributed by atoms with Crippen molar-refractivity contribution in [3.8, 4) is 23.0 Å². The van der Waals surface area contributed by atoms with Gasteiger partial charge in [-0.25, -0.2) is 0 Å². The average molecular weight is 450 g/mol. The van der Waals surface area contributed by atoms with Crippen molar-refractivity contribution in [2.75, 3.05) is 22.9 Å². The lowest BCUT2D eigenvalue weighted by Crippen LogP contribution is -2.07. The van der Waals surface area contributed by atoms with Gasteiger partial charge in [0.25, 0.3) is 0 Å². The maximum atomic E-state index is 8.63. The smallest absolute Gasteiger partial charge is 0.194 e. The molecule has 0 unspecified atom stereocenters. The van der Waals surface area contributed by atoms with Gasteiger partial charge < -0.3 is 33.1 Å². The molecule has 0 saturated heterocycles. The summed E-state index contributed by atoms with van der Waals surface area (Å²) < 4.78 is 0. The van der Waals surface area contributed by atoms with Crippen molar-refractivity contribution in [1.29, 1.82) is 0 Å². The Kier molecular flexibility index (Phi) is 9.53. The van der Waals surface area contributed by atoms with Crippen molar-refractivity contribution < 1.29 is 25.0 Å². The van der Waals surface area contributed by atoms with Gasteiger partial charge in [-0.3, -0.25) is 9.78 Å². The van der Waals surface area contributed by atoms with E-state index in [0.29, 0.717) is 22.9 Å². The number of nitrogen functional groups attached to an aromatic ring is 4. The molecule has 0 heterocycles. The molecule has 0 radical (unpaired) electrons. The summed E-state index contributed by atoms with van der Waals surface area (Å²) in [6.07, 6.45) is 0. The first kappa shape index (κ1) is 24.5. The van der Waals surface area contributed by atoms with Gasteiger partial charge in [-0.15, -0.1) is 0 Å². The van der Waals surface area contributed by atoms with Crippen LogP contribution >= 0.6 is 0 Å². The van der Waals surface area contributed by atoms with Crippen LogP contribution in [0.2, 0.25) is 0 Å². The van der Waals surface area contributed by atoms with Crippen LogP contribution in [0.3, 0.4) is 0 Å². The molecule has 0 bridgehead atoms. The van der Waals surface area contributed by atoms with Crippen LogP contribution in [0.1, 0.15) is 0 Å². The Morgan fingerprint density at radius 1 is 0.455 bits per heavy atom. The minimum absolute atomic E-state index is 0.238. The first-order valence-electron chi connectivity index (χ1n) is 9.65. The van der Waals surface area contributed by atoms with Crippen LogP contribution in [0, 0.1) is 0 Å². The summed E-state index contributed by atoms with van der Waals surface area (Å²) in [6, 6.07) is 27.2. The number of nitrogens with two attached hydrogens (primary N) is 4. The summed E-state index contributed by atoms with van der Waals surface area (Å²) in [6.45, 7) is 0. The highest BCUT2D eigenvalue weighted by Crippen LogP contribution is 2.29. The van der Waals surface area contributed by atoms with Crippen molar-refractivity contribution >= 4 is 22.7 Å². The third kappa shape index (κ3) is 8.48. The second-order valence-electron chi connectivity index (χ2n) is 6.42. The predicted molar refractivity (Wildman–Crippen MR) is 129 cm³/mol. The van der Waals surface area contributed by atoms with Gasteiger partial charge in [-0.05, 0) is 48.5 Å². The third-order valence-corrected chi connectivity index (χ3v) is 3.96. The molecule has 0 aromatic heterocycles. The van der Waals surface area contributed by atoms with Crippen LogP contribution in [-0.2, 0) is 5.04 Å². The molecule has 0 spiro atoms. The summed E-state index contributed by atoms with van der Waals surface area (Å²) in [7, 11) is 0. The Labute approximate surface area is 191 Å². The fourth-order valence-electron chi connectivity index (χ4n) is 2.21. The van der Waals surface area contributed by atoms with E-state index in [1.165, 1.54) is 0 Å². The van der Waals surface area contributed by atoms with E-state index in [-0.39, 0.29) is 22.9 Å². The molecule has 172 valence electrons. The highest BCUT2D eigenvalue weighted by molar-refractivity contribution is 5.71. The summed E-state index contributed by atoms with van der Waals surface area (Å²) in [5.74, 6) is 1.12. The van der Waals surface area contributed by atoms with Gasteiger partial charge in [-0.2, -0.15) is 0 Å². The Bertz CT molecular complexity index is 1020. The zero-order chi connectivity index (χ0) is 24.1. The molecule has 4 aromatic carbocycles. The summed E-state index contributed by atoms with van der Waals surface area (Å²) >= 11 is 0. The van der Waals surface area contributed by atoms with Gasteiger partial charge in [-0.1, -0.05) is 48.5 Å². The first-order chi connectivity index (χ1) is 15.9. The van der Waals surface area contributed by atoms with Crippen LogP contribution < -0.4 is 32.7 Å². The van der Waals surface area contributed by atoms with Gasteiger partial charge in [0, 0.05) is 5.04 Å². The van der Waals surface area contributed by atoms with Crippen LogP contribution in [0.4, 0.5) is 22.7 Å². The molecule has 9 nitrogen and oxygen atoms in total. The van der Waals surface area contributed by atoms with Gasteiger partial charge in [0.1, 0.15) is 22.9 Å². The molecule has 0 aliphatic carbocycles. The van der Waals surface area contributed by atoms with E-state index in [2.05, 4.69) is 5.04 Å². The Balaban J connectivity index is 0.000000223. The fraction of sp³-hybridized carbons (Fsp3) is 0. The van der Waals surface area contributed by atoms with E-state index >= 15 is 0 Å². The summed E-state index contributed by atoms with van der Waals surface area (Å²) in [4.78, 5) is 9.79. The quantitative estimate of drug-likeness (QED) is 0.152. The molecule has 0 saturated carbocycles. The highest BCUT2D eigenvalue weighted by atomic mass is 17.5. The summed E-state index contributed by atoms with van der Waals surface area (Å²) in [5.41, 5.74) is 23.9. The SMILES string of the molecule is Nc1cccc(OOOc2cccc(N)c2N)c1N.Oc1ccccc1.Oc1ccccc1. The van der Waals surface area contributed by atoms with E-state index in [1.54, 1.807) is 84.9 Å². The van der Waals surface area contributed by atoms with Crippen LogP contribution in [0.25, 0.3) is 0 Å². The largest absolute Gasteiger partial charge is 0.508 e. The Morgan fingerprint density at radius 3 is 1.12 bits per heavy atom. The zero-order valence-electron chi connectivity index (χ0n) is 17.7. The predicted octanol–water partition coefficient (Wildman–Crippen LogP) is 4.10. The second kappa shape index (κ2) is 12.8. The van der Waals surface area contributed by atoms with Crippen molar-refractivity contribution in [2.24, 2.45) is 0 Å². The van der Waals surface area contributed by atoms with Crippen LogP contribution in [0.5, 0.6) is 23.0 Å². The number of benzene rings is 4. The number of hydrogen-bond acceptors (Lipinski definition) is 9. The highest BCUT2D eigenvalue weighted by Gasteiger charge is 2.08. The molecule has 4 aromatic rings. The van der Waals surface area contributed by atoms with Gasteiger partial charge >= 0.3 is 0 Å². The van der Waals surface area contributed by atoms with Crippen molar-refractivity contribution in [3.05, 3.63) is 97.1 Å². The first-order valence-corrected chi connectivity index (χ1v) is 9.65. The van der Waals surface area contributed by atoms with Gasteiger partial charge in [0.2, 0.25) is 0 Å². The zero-order valence-corrected chi connectivity index (χ0v) is 17.7. The number of rotatable bonds is 4. The molecule has 10 N–H and O–H groups in total. The number of para-hydroxylation sites is 4. The molecular weight excluding hydrogens is 424 g/mol. The fourth-order valence-corrected chi connectivity index (χ4v) is 2.21. The van der Waals surface area contributed by atoms with Gasteiger partial charge in [0.05, 0.1) is 11.4 Å². The van der Waals surface area contributed by atoms with Crippen molar-refractivity contribution in [3.63, 3.8) is 0 Å². The van der Waals surface area contributed by atoms with Crippen molar-refractivity contribution in [1.82, 2.24) is 0 Å². The lowest BCUT2D eigenvalue weighted by atomic mass is 10.2. The molecule has 0 fully saturated rings. The third-order valence-electron chi connectivity index (χ3n) is 3.96. The monoisotopic (exact) mass is 450 g/mol. The molecule has 33 heavy (non-hydrogen) atoms. The molecule has 0 aliphatic heterocycles. The topological polar surface area (TPSA) is 172 Å². The number of aromatic hydroxyl groups is 2.